The van der Waals surface area contributed by atoms with Crippen molar-refractivity contribution in [2.75, 3.05) is 0 Å². The molecule has 1 aromatic carbocycles. The summed E-state index contributed by atoms with van der Waals surface area (Å²) in [7, 11) is -5.51. The summed E-state index contributed by atoms with van der Waals surface area (Å²) in [5, 5.41) is 0. The van der Waals surface area contributed by atoms with Gasteiger partial charge in [-0.1, -0.05) is 36.4 Å². The van der Waals surface area contributed by atoms with Crippen LogP contribution in [0.15, 0.2) is 36.0 Å². The van der Waals surface area contributed by atoms with Crippen LogP contribution in [0.5, 0.6) is 0 Å². The first-order chi connectivity index (χ1) is 8.99. The van der Waals surface area contributed by atoms with Crippen LogP contribution >= 0.6 is 0 Å². The van der Waals surface area contributed by atoms with Gasteiger partial charge in [0.2, 0.25) is 0 Å². The molecule has 20 heavy (non-hydrogen) atoms. The Hall–Kier alpha value is -0.469. The third kappa shape index (κ3) is 7.35. The topological polar surface area (TPSA) is 18.5 Å². The highest BCUT2D eigenvalue weighted by atomic mass is 28.5. The fraction of sp³-hybridized carbons (Fsp3) is 0.467. The molecule has 1 aromatic rings. The van der Waals surface area contributed by atoms with Gasteiger partial charge in [0.1, 0.15) is 0 Å². The molecule has 0 saturated heterocycles. The Balaban J connectivity index is 2.96. The summed E-state index contributed by atoms with van der Waals surface area (Å²) in [5.74, 6) is 0. The lowest BCUT2D eigenvalue weighted by Gasteiger charge is -2.36. The summed E-state index contributed by atoms with van der Waals surface area (Å²) in [5.41, 5.74) is 3.39. The summed E-state index contributed by atoms with van der Waals surface area (Å²) in [6.07, 6.45) is 2.15. The predicted molar refractivity (Wildman–Crippen MR) is 96.0 cm³/mol. The fourth-order valence-electron chi connectivity index (χ4n) is 2.12. The van der Waals surface area contributed by atoms with Crippen LogP contribution in [0.3, 0.4) is 0 Å². The molecule has 0 spiro atoms. The lowest BCUT2D eigenvalue weighted by Crippen LogP contribution is -2.51. The Morgan fingerprint density at radius 3 is 1.60 bits per heavy atom. The number of hydrogen-bond donors (Lipinski definition) is 0. The van der Waals surface area contributed by atoms with E-state index >= 15 is 0 Å². The number of rotatable bonds is 6. The second-order valence-electron chi connectivity index (χ2n) is 7.19. The minimum absolute atomic E-state index is 1.20. The summed E-state index contributed by atoms with van der Waals surface area (Å²) < 4.78 is 12.9. The van der Waals surface area contributed by atoms with Gasteiger partial charge in [-0.25, -0.2) is 0 Å². The average Bonchev–Trinajstić information content (AvgIpc) is 2.23. The number of hydrogen-bond acceptors (Lipinski definition) is 2. The molecule has 0 aliphatic heterocycles. The van der Waals surface area contributed by atoms with E-state index in [1.807, 2.05) is 6.07 Å². The predicted octanol–water partition coefficient (Wildman–Crippen LogP) is 5.01. The van der Waals surface area contributed by atoms with Crippen molar-refractivity contribution in [1.29, 1.82) is 0 Å². The standard InChI is InChI=1S/C15H28O2Si3/c1-18(2,3)16-20(7,17-19(4,5)6)14-13-15-11-9-8-10-12-15/h8-14H,1-7H3/b14-13+. The van der Waals surface area contributed by atoms with Crippen molar-refractivity contribution >= 4 is 31.3 Å². The molecule has 0 aromatic heterocycles. The zero-order valence-electron chi connectivity index (χ0n) is 13.9. The Morgan fingerprint density at radius 1 is 0.750 bits per heavy atom. The molecule has 0 aliphatic rings. The highest BCUT2D eigenvalue weighted by Gasteiger charge is 2.38. The van der Waals surface area contributed by atoms with Crippen molar-refractivity contribution in [2.45, 2.75) is 45.8 Å². The van der Waals surface area contributed by atoms with Crippen molar-refractivity contribution in [3.8, 4) is 0 Å². The summed E-state index contributed by atoms with van der Waals surface area (Å²) in [6.45, 7) is 15.5. The van der Waals surface area contributed by atoms with Gasteiger partial charge in [-0.15, -0.1) is 0 Å². The van der Waals surface area contributed by atoms with Gasteiger partial charge in [-0.2, -0.15) is 0 Å². The van der Waals surface area contributed by atoms with Crippen LogP contribution in [0.4, 0.5) is 0 Å². The van der Waals surface area contributed by atoms with Crippen LogP contribution in [0, 0.1) is 0 Å². The zero-order valence-corrected chi connectivity index (χ0v) is 16.9. The molecule has 5 heteroatoms. The van der Waals surface area contributed by atoms with Crippen LogP contribution < -0.4 is 0 Å². The maximum Gasteiger partial charge on any atom is 0.341 e. The first kappa shape index (κ1) is 17.6. The molecule has 112 valence electrons. The molecule has 0 unspecified atom stereocenters. The van der Waals surface area contributed by atoms with E-state index in [4.69, 9.17) is 8.23 Å². The van der Waals surface area contributed by atoms with E-state index in [1.54, 1.807) is 0 Å². The van der Waals surface area contributed by atoms with E-state index < -0.39 is 25.2 Å². The van der Waals surface area contributed by atoms with Gasteiger partial charge in [-0.3, -0.25) is 0 Å². The van der Waals surface area contributed by atoms with Crippen LogP contribution in [0.1, 0.15) is 5.56 Å². The lowest BCUT2D eigenvalue weighted by atomic mass is 10.2. The highest BCUT2D eigenvalue weighted by Crippen LogP contribution is 2.22. The van der Waals surface area contributed by atoms with Gasteiger partial charge < -0.3 is 8.23 Å². The zero-order chi connectivity index (χ0) is 15.4. The average molecular weight is 325 g/mol. The molecule has 0 saturated carbocycles. The number of benzene rings is 1. The smallest absolute Gasteiger partial charge is 0.341 e. The van der Waals surface area contributed by atoms with Gasteiger partial charge in [0.25, 0.3) is 0 Å². The van der Waals surface area contributed by atoms with E-state index in [0.717, 1.165) is 0 Å². The molecular weight excluding hydrogens is 296 g/mol. The van der Waals surface area contributed by atoms with Gasteiger partial charge in [0.15, 0.2) is 16.6 Å². The third-order valence-corrected chi connectivity index (χ3v) is 11.3. The molecule has 1 rings (SSSR count). The first-order valence-corrected chi connectivity index (χ1v) is 16.3. The van der Waals surface area contributed by atoms with E-state index in [-0.39, 0.29) is 0 Å². The molecule has 0 fully saturated rings. The van der Waals surface area contributed by atoms with E-state index in [1.165, 1.54) is 5.56 Å². The Morgan fingerprint density at radius 2 is 1.20 bits per heavy atom. The SMILES string of the molecule is C[Si](C)(C)O[Si](C)(/C=C/c1ccccc1)O[Si](C)(C)C. The molecule has 0 heterocycles. The van der Waals surface area contributed by atoms with Crippen LogP contribution in [-0.4, -0.2) is 25.2 Å². The second-order valence-corrected chi connectivity index (χ2v) is 19.6. The van der Waals surface area contributed by atoms with E-state index in [9.17, 15) is 0 Å². The van der Waals surface area contributed by atoms with Gasteiger partial charge in [0, 0.05) is 0 Å². The monoisotopic (exact) mass is 324 g/mol. The summed E-state index contributed by atoms with van der Waals surface area (Å²) in [6, 6.07) is 10.3. The summed E-state index contributed by atoms with van der Waals surface area (Å²) >= 11 is 0. The molecule has 0 atom stereocenters. The maximum absolute atomic E-state index is 6.43. The van der Waals surface area contributed by atoms with Crippen molar-refractivity contribution in [2.24, 2.45) is 0 Å². The van der Waals surface area contributed by atoms with Crippen LogP contribution in [0.2, 0.25) is 45.8 Å². The molecule has 2 nitrogen and oxygen atoms in total. The Bertz CT molecular complexity index is 428. The first-order valence-electron chi connectivity index (χ1n) is 7.14. The largest absolute Gasteiger partial charge is 0.434 e. The second kappa shape index (κ2) is 6.53. The third-order valence-electron chi connectivity index (χ3n) is 2.40. The molecule has 0 amide bonds. The van der Waals surface area contributed by atoms with Crippen LogP contribution in [0.25, 0.3) is 6.08 Å². The molecule has 0 aliphatic carbocycles. The minimum atomic E-state index is -2.26. The van der Waals surface area contributed by atoms with Crippen LogP contribution in [-0.2, 0) is 8.23 Å². The Kier molecular flexibility index (Phi) is 5.74. The molecule has 0 N–H and O–H groups in total. The lowest BCUT2D eigenvalue weighted by molar-refractivity contribution is 0.403. The van der Waals surface area contributed by atoms with Gasteiger partial charge >= 0.3 is 8.56 Å². The van der Waals surface area contributed by atoms with Gasteiger partial charge in [0.05, 0.1) is 0 Å². The fourth-order valence-corrected chi connectivity index (χ4v) is 13.4. The highest BCUT2D eigenvalue weighted by molar-refractivity contribution is 6.90. The quantitative estimate of drug-likeness (QED) is 0.684. The normalized spacial score (nSPS) is 13.9. The molecule has 0 bridgehead atoms. The van der Waals surface area contributed by atoms with Crippen molar-refractivity contribution < 1.29 is 8.23 Å². The Labute approximate surface area is 127 Å². The molecule has 0 radical (unpaired) electrons. The minimum Gasteiger partial charge on any atom is -0.434 e. The summed E-state index contributed by atoms with van der Waals surface area (Å²) in [4.78, 5) is 0. The van der Waals surface area contributed by atoms with Crippen molar-refractivity contribution in [3.05, 3.63) is 41.6 Å². The van der Waals surface area contributed by atoms with Crippen molar-refractivity contribution in [1.82, 2.24) is 0 Å². The van der Waals surface area contributed by atoms with Crippen molar-refractivity contribution in [3.63, 3.8) is 0 Å². The maximum atomic E-state index is 6.43. The molecular formula is C15H28O2Si3. The van der Waals surface area contributed by atoms with Gasteiger partial charge in [-0.05, 0) is 57.1 Å². The van der Waals surface area contributed by atoms with E-state index in [0.29, 0.717) is 0 Å². The van der Waals surface area contributed by atoms with E-state index in [2.05, 4.69) is 81.9 Å².